The SMILES string of the molecule is CCOC(=O)c1cnc2c(OC)c(C(C)(C)C)cc(C(C)(C)C)c2c1. The van der Waals surface area contributed by atoms with E-state index in [9.17, 15) is 4.79 Å². The molecule has 0 aliphatic rings. The van der Waals surface area contributed by atoms with Crippen LogP contribution in [0.3, 0.4) is 0 Å². The van der Waals surface area contributed by atoms with Gasteiger partial charge in [0.15, 0.2) is 0 Å². The standard InChI is InChI=1S/C21H29NO3/c1-9-25-19(23)13-10-14-15(20(2,3)4)11-16(21(5,6)7)18(24-8)17(14)22-12-13/h10-12H,9H2,1-8H3. The van der Waals surface area contributed by atoms with E-state index in [0.717, 1.165) is 27.8 Å². The quantitative estimate of drug-likeness (QED) is 0.735. The molecule has 25 heavy (non-hydrogen) atoms. The van der Waals surface area contributed by atoms with Crippen LogP contribution < -0.4 is 4.74 Å². The predicted molar refractivity (Wildman–Crippen MR) is 102 cm³/mol. The first-order valence-electron chi connectivity index (χ1n) is 8.69. The Hall–Kier alpha value is -2.10. The smallest absolute Gasteiger partial charge is 0.339 e. The third-order valence-electron chi connectivity index (χ3n) is 4.26. The number of carbonyl (C=O) groups excluding carboxylic acids is 1. The molecule has 4 nitrogen and oxygen atoms in total. The summed E-state index contributed by atoms with van der Waals surface area (Å²) in [6.07, 6.45) is 1.57. The molecule has 1 aromatic carbocycles. The highest BCUT2D eigenvalue weighted by Crippen LogP contribution is 2.41. The van der Waals surface area contributed by atoms with E-state index >= 15 is 0 Å². The Morgan fingerprint density at radius 1 is 1.04 bits per heavy atom. The second-order valence-corrected chi connectivity index (χ2v) is 8.35. The van der Waals surface area contributed by atoms with Gasteiger partial charge in [-0.25, -0.2) is 4.79 Å². The highest BCUT2D eigenvalue weighted by Gasteiger charge is 2.28. The number of methoxy groups -OCH3 is 1. The number of hydrogen-bond acceptors (Lipinski definition) is 4. The zero-order valence-electron chi connectivity index (χ0n) is 16.6. The Bertz CT molecular complexity index is 795. The first-order chi connectivity index (χ1) is 11.5. The lowest BCUT2D eigenvalue weighted by molar-refractivity contribution is 0.0526. The largest absolute Gasteiger partial charge is 0.494 e. The second-order valence-electron chi connectivity index (χ2n) is 8.35. The summed E-state index contributed by atoms with van der Waals surface area (Å²) >= 11 is 0. The lowest BCUT2D eigenvalue weighted by Gasteiger charge is -2.28. The van der Waals surface area contributed by atoms with Crippen LogP contribution in [0.15, 0.2) is 18.3 Å². The van der Waals surface area contributed by atoms with Gasteiger partial charge in [0.05, 0.1) is 19.3 Å². The molecular formula is C21H29NO3. The maximum absolute atomic E-state index is 12.1. The molecule has 0 radical (unpaired) electrons. The molecule has 0 fully saturated rings. The molecular weight excluding hydrogens is 314 g/mol. The number of rotatable bonds is 3. The summed E-state index contributed by atoms with van der Waals surface area (Å²) in [7, 11) is 1.67. The van der Waals surface area contributed by atoms with Crippen molar-refractivity contribution >= 4 is 16.9 Å². The van der Waals surface area contributed by atoms with Crippen molar-refractivity contribution in [1.82, 2.24) is 4.98 Å². The minimum absolute atomic E-state index is 0.0823. The van der Waals surface area contributed by atoms with Crippen molar-refractivity contribution in [2.24, 2.45) is 0 Å². The number of nitrogens with zero attached hydrogens (tertiary/aromatic N) is 1. The third-order valence-corrected chi connectivity index (χ3v) is 4.26. The fourth-order valence-corrected chi connectivity index (χ4v) is 2.98. The molecule has 0 amide bonds. The zero-order valence-corrected chi connectivity index (χ0v) is 16.6. The van der Waals surface area contributed by atoms with E-state index in [1.54, 1.807) is 20.2 Å². The normalized spacial score (nSPS) is 12.3. The summed E-state index contributed by atoms with van der Waals surface area (Å²) in [5.74, 6) is 0.418. The topological polar surface area (TPSA) is 48.4 Å². The summed E-state index contributed by atoms with van der Waals surface area (Å²) in [5, 5.41) is 0.933. The number of carbonyl (C=O) groups is 1. The molecule has 0 atom stereocenters. The molecule has 0 unspecified atom stereocenters. The molecule has 136 valence electrons. The van der Waals surface area contributed by atoms with Gasteiger partial charge in [-0.15, -0.1) is 0 Å². The molecule has 0 aliphatic carbocycles. The molecule has 0 aliphatic heterocycles. The first-order valence-corrected chi connectivity index (χ1v) is 8.69. The summed E-state index contributed by atoms with van der Waals surface area (Å²) in [4.78, 5) is 16.7. The van der Waals surface area contributed by atoms with Crippen LogP contribution in [0.25, 0.3) is 10.9 Å². The predicted octanol–water partition coefficient (Wildman–Crippen LogP) is 5.02. The Morgan fingerprint density at radius 2 is 1.64 bits per heavy atom. The van der Waals surface area contributed by atoms with E-state index in [1.807, 2.05) is 6.07 Å². The Morgan fingerprint density at radius 3 is 2.12 bits per heavy atom. The van der Waals surface area contributed by atoms with Gasteiger partial charge >= 0.3 is 5.97 Å². The fourth-order valence-electron chi connectivity index (χ4n) is 2.98. The Balaban J connectivity index is 2.88. The van der Waals surface area contributed by atoms with E-state index in [1.165, 1.54) is 0 Å². The minimum Gasteiger partial charge on any atom is -0.494 e. The van der Waals surface area contributed by atoms with E-state index in [2.05, 4.69) is 52.6 Å². The van der Waals surface area contributed by atoms with Crippen molar-refractivity contribution < 1.29 is 14.3 Å². The van der Waals surface area contributed by atoms with Crippen molar-refractivity contribution in [3.63, 3.8) is 0 Å². The summed E-state index contributed by atoms with van der Waals surface area (Å²) < 4.78 is 10.8. The van der Waals surface area contributed by atoms with Crippen LogP contribution in [-0.2, 0) is 15.6 Å². The maximum atomic E-state index is 12.1. The van der Waals surface area contributed by atoms with Gasteiger partial charge in [-0.1, -0.05) is 47.6 Å². The number of benzene rings is 1. The van der Waals surface area contributed by atoms with Crippen LogP contribution in [0, 0.1) is 0 Å². The number of esters is 1. The van der Waals surface area contributed by atoms with Gasteiger partial charge in [0, 0.05) is 17.1 Å². The van der Waals surface area contributed by atoms with Gasteiger partial charge < -0.3 is 9.47 Å². The van der Waals surface area contributed by atoms with Crippen molar-refractivity contribution in [3.05, 3.63) is 35.0 Å². The molecule has 0 spiro atoms. The van der Waals surface area contributed by atoms with Crippen LogP contribution in [-0.4, -0.2) is 24.7 Å². The van der Waals surface area contributed by atoms with E-state index < -0.39 is 0 Å². The van der Waals surface area contributed by atoms with Gasteiger partial charge in [0.25, 0.3) is 0 Å². The number of pyridine rings is 1. The van der Waals surface area contributed by atoms with Gasteiger partial charge in [-0.3, -0.25) is 4.98 Å². The number of fused-ring (bicyclic) bond motifs is 1. The Labute approximate surface area is 150 Å². The average Bonchev–Trinajstić information content (AvgIpc) is 2.50. The molecule has 0 saturated heterocycles. The van der Waals surface area contributed by atoms with Crippen molar-refractivity contribution in [2.75, 3.05) is 13.7 Å². The van der Waals surface area contributed by atoms with Gasteiger partial charge in [0.2, 0.25) is 0 Å². The molecule has 1 aromatic heterocycles. The number of hydrogen-bond donors (Lipinski definition) is 0. The zero-order chi connectivity index (χ0) is 19.0. The minimum atomic E-state index is -0.351. The van der Waals surface area contributed by atoms with E-state index in [-0.39, 0.29) is 16.8 Å². The highest BCUT2D eigenvalue weighted by molar-refractivity contribution is 5.97. The third kappa shape index (κ3) is 3.78. The lowest BCUT2D eigenvalue weighted by atomic mass is 9.78. The van der Waals surface area contributed by atoms with Crippen LogP contribution in [0.1, 0.15) is 70.0 Å². The van der Waals surface area contributed by atoms with Gasteiger partial charge in [-0.2, -0.15) is 0 Å². The summed E-state index contributed by atoms with van der Waals surface area (Å²) in [6.45, 7) is 15.1. The molecule has 2 aromatic rings. The van der Waals surface area contributed by atoms with Crippen molar-refractivity contribution in [1.29, 1.82) is 0 Å². The highest BCUT2D eigenvalue weighted by atomic mass is 16.5. The van der Waals surface area contributed by atoms with Crippen molar-refractivity contribution in [2.45, 2.75) is 59.3 Å². The van der Waals surface area contributed by atoms with Crippen LogP contribution >= 0.6 is 0 Å². The van der Waals surface area contributed by atoms with Crippen LogP contribution in [0.2, 0.25) is 0 Å². The summed E-state index contributed by atoms with van der Waals surface area (Å²) in [6, 6.07) is 4.06. The molecule has 2 rings (SSSR count). The Kier molecular flexibility index (Phi) is 5.12. The average molecular weight is 343 g/mol. The van der Waals surface area contributed by atoms with E-state index in [0.29, 0.717) is 12.2 Å². The fraction of sp³-hybridized carbons (Fsp3) is 0.524. The number of aromatic nitrogens is 1. The number of ether oxygens (including phenoxy) is 2. The van der Waals surface area contributed by atoms with Gasteiger partial charge in [0.1, 0.15) is 11.3 Å². The van der Waals surface area contributed by atoms with Crippen molar-refractivity contribution in [3.8, 4) is 5.75 Å². The molecule has 1 heterocycles. The van der Waals surface area contributed by atoms with E-state index in [4.69, 9.17) is 9.47 Å². The first kappa shape index (κ1) is 19.2. The molecule has 0 N–H and O–H groups in total. The monoisotopic (exact) mass is 343 g/mol. The summed E-state index contributed by atoms with van der Waals surface area (Å²) in [5.41, 5.74) is 3.33. The molecule has 0 bridgehead atoms. The van der Waals surface area contributed by atoms with Gasteiger partial charge in [-0.05, 0) is 29.4 Å². The van der Waals surface area contributed by atoms with Crippen LogP contribution in [0.4, 0.5) is 0 Å². The second kappa shape index (κ2) is 6.66. The van der Waals surface area contributed by atoms with Crippen LogP contribution in [0.5, 0.6) is 5.75 Å². The lowest BCUT2D eigenvalue weighted by Crippen LogP contribution is -2.19. The molecule has 4 heteroatoms. The maximum Gasteiger partial charge on any atom is 0.339 e. The molecule has 0 saturated carbocycles.